The summed E-state index contributed by atoms with van der Waals surface area (Å²) in [5.74, 6) is 0.891. The second kappa shape index (κ2) is 5.87. The molecule has 0 fully saturated rings. The van der Waals surface area contributed by atoms with E-state index in [-0.39, 0.29) is 5.91 Å². The van der Waals surface area contributed by atoms with Crippen LogP contribution < -0.4 is 15.4 Å². The van der Waals surface area contributed by atoms with E-state index >= 15 is 0 Å². The van der Waals surface area contributed by atoms with Crippen molar-refractivity contribution in [3.63, 3.8) is 0 Å². The molecule has 1 amide bonds. The number of amides is 1. The Morgan fingerprint density at radius 1 is 1.39 bits per heavy atom. The van der Waals surface area contributed by atoms with Crippen molar-refractivity contribution < 1.29 is 9.53 Å². The summed E-state index contributed by atoms with van der Waals surface area (Å²) in [7, 11) is 0. The van der Waals surface area contributed by atoms with Gasteiger partial charge in [0.15, 0.2) is 0 Å². The van der Waals surface area contributed by atoms with Crippen LogP contribution in [0.4, 0.5) is 5.69 Å². The number of hydrogen-bond acceptors (Lipinski definition) is 3. The van der Waals surface area contributed by atoms with Crippen LogP contribution in [0.5, 0.6) is 5.75 Å². The number of fused-ring (bicyclic) bond motifs is 1. The molecule has 0 bridgehead atoms. The lowest BCUT2D eigenvalue weighted by Crippen LogP contribution is -2.27. The van der Waals surface area contributed by atoms with Gasteiger partial charge in [0, 0.05) is 30.8 Å². The van der Waals surface area contributed by atoms with Crippen LogP contribution in [0, 0.1) is 0 Å². The van der Waals surface area contributed by atoms with Crippen molar-refractivity contribution in [3.8, 4) is 5.75 Å². The average molecular weight is 248 g/mol. The van der Waals surface area contributed by atoms with E-state index in [1.54, 1.807) is 0 Å². The minimum atomic E-state index is 0.0844. The second-order valence-electron chi connectivity index (χ2n) is 4.82. The molecule has 0 atom stereocenters. The summed E-state index contributed by atoms with van der Waals surface area (Å²) in [6, 6.07) is 6.37. The number of aryl methyl sites for hydroxylation is 1. The number of rotatable bonds is 5. The van der Waals surface area contributed by atoms with Crippen molar-refractivity contribution in [2.75, 3.05) is 18.5 Å². The third-order valence-electron chi connectivity index (χ3n) is 2.90. The smallest absolute Gasteiger partial charge is 0.224 e. The molecule has 4 nitrogen and oxygen atoms in total. The fourth-order valence-electron chi connectivity index (χ4n) is 1.96. The number of carbonyl (C=O) groups is 1. The standard InChI is InChI=1S/C14H20N2O2/c1-10(2)15-7-8-18-12-5-3-11-4-6-14(17)16-13(11)9-12/h3,5,9-10,15H,4,6-8H2,1-2H3,(H,16,17). The average Bonchev–Trinajstić information content (AvgIpc) is 2.34. The van der Waals surface area contributed by atoms with E-state index in [1.165, 1.54) is 5.56 Å². The molecule has 0 unspecified atom stereocenters. The Balaban J connectivity index is 1.90. The molecular formula is C14H20N2O2. The zero-order valence-corrected chi connectivity index (χ0v) is 11.0. The van der Waals surface area contributed by atoms with Crippen molar-refractivity contribution in [2.24, 2.45) is 0 Å². The lowest BCUT2D eigenvalue weighted by molar-refractivity contribution is -0.116. The minimum absolute atomic E-state index is 0.0844. The maximum atomic E-state index is 11.3. The number of anilines is 1. The van der Waals surface area contributed by atoms with Crippen molar-refractivity contribution >= 4 is 11.6 Å². The molecule has 0 spiro atoms. The van der Waals surface area contributed by atoms with Crippen LogP contribution in [-0.2, 0) is 11.2 Å². The van der Waals surface area contributed by atoms with Gasteiger partial charge in [-0.1, -0.05) is 19.9 Å². The van der Waals surface area contributed by atoms with E-state index < -0.39 is 0 Å². The van der Waals surface area contributed by atoms with Crippen LogP contribution in [0.25, 0.3) is 0 Å². The second-order valence-corrected chi connectivity index (χ2v) is 4.82. The monoisotopic (exact) mass is 248 g/mol. The lowest BCUT2D eigenvalue weighted by Gasteiger charge is -2.18. The Morgan fingerprint density at radius 2 is 2.22 bits per heavy atom. The zero-order chi connectivity index (χ0) is 13.0. The van der Waals surface area contributed by atoms with E-state index in [0.717, 1.165) is 24.4 Å². The van der Waals surface area contributed by atoms with E-state index in [9.17, 15) is 4.79 Å². The predicted octanol–water partition coefficient (Wildman–Crippen LogP) is 1.95. The first-order valence-electron chi connectivity index (χ1n) is 6.44. The molecule has 0 saturated carbocycles. The van der Waals surface area contributed by atoms with Crippen LogP contribution in [0.3, 0.4) is 0 Å². The number of nitrogens with one attached hydrogen (secondary N) is 2. The summed E-state index contributed by atoms with van der Waals surface area (Å²) >= 11 is 0. The molecule has 1 aromatic rings. The molecule has 98 valence electrons. The van der Waals surface area contributed by atoms with Gasteiger partial charge in [0.1, 0.15) is 12.4 Å². The highest BCUT2D eigenvalue weighted by Crippen LogP contribution is 2.26. The van der Waals surface area contributed by atoms with Gasteiger partial charge in [-0.2, -0.15) is 0 Å². The van der Waals surface area contributed by atoms with E-state index in [4.69, 9.17) is 4.74 Å². The lowest BCUT2D eigenvalue weighted by atomic mass is 10.0. The molecule has 1 aliphatic heterocycles. The highest BCUT2D eigenvalue weighted by molar-refractivity contribution is 5.94. The fraction of sp³-hybridized carbons (Fsp3) is 0.500. The Hall–Kier alpha value is -1.55. The summed E-state index contributed by atoms with van der Waals surface area (Å²) in [6.07, 6.45) is 1.39. The molecule has 0 aliphatic carbocycles. The normalized spacial score (nSPS) is 14.3. The Morgan fingerprint density at radius 3 is 3.00 bits per heavy atom. The maximum Gasteiger partial charge on any atom is 0.224 e. The number of hydrogen-bond donors (Lipinski definition) is 2. The SMILES string of the molecule is CC(C)NCCOc1ccc2c(c1)NC(=O)CC2. The Bertz CT molecular complexity index is 430. The van der Waals surface area contributed by atoms with E-state index in [1.807, 2.05) is 18.2 Å². The molecular weight excluding hydrogens is 228 g/mol. The zero-order valence-electron chi connectivity index (χ0n) is 11.0. The summed E-state index contributed by atoms with van der Waals surface area (Å²) in [4.78, 5) is 11.3. The van der Waals surface area contributed by atoms with Crippen molar-refractivity contribution in [3.05, 3.63) is 23.8 Å². The first kappa shape index (κ1) is 12.9. The number of carbonyl (C=O) groups excluding carboxylic acids is 1. The molecule has 0 aromatic heterocycles. The van der Waals surface area contributed by atoms with Crippen molar-refractivity contribution in [1.82, 2.24) is 5.32 Å². The van der Waals surface area contributed by atoms with Crippen molar-refractivity contribution in [1.29, 1.82) is 0 Å². The highest BCUT2D eigenvalue weighted by atomic mass is 16.5. The van der Waals surface area contributed by atoms with Crippen molar-refractivity contribution in [2.45, 2.75) is 32.7 Å². The van der Waals surface area contributed by atoms with Crippen LogP contribution in [0.2, 0.25) is 0 Å². The largest absolute Gasteiger partial charge is 0.492 e. The summed E-state index contributed by atoms with van der Waals surface area (Å²) < 4.78 is 5.64. The molecule has 1 heterocycles. The van der Waals surface area contributed by atoms with Crippen LogP contribution >= 0.6 is 0 Å². The van der Waals surface area contributed by atoms with Gasteiger partial charge < -0.3 is 15.4 Å². The summed E-state index contributed by atoms with van der Waals surface area (Å²) in [5, 5.41) is 6.16. The Kier molecular flexibility index (Phi) is 4.20. The van der Waals surface area contributed by atoms with Crippen LogP contribution in [0.15, 0.2) is 18.2 Å². The molecule has 0 saturated heterocycles. The van der Waals surface area contributed by atoms with Crippen LogP contribution in [-0.4, -0.2) is 25.1 Å². The molecule has 2 N–H and O–H groups in total. The van der Waals surface area contributed by atoms with E-state index in [0.29, 0.717) is 19.1 Å². The summed E-state index contributed by atoms with van der Waals surface area (Å²) in [5.41, 5.74) is 2.07. The van der Waals surface area contributed by atoms with Gasteiger partial charge in [0.25, 0.3) is 0 Å². The molecule has 1 aliphatic rings. The van der Waals surface area contributed by atoms with Crippen LogP contribution in [0.1, 0.15) is 25.8 Å². The number of ether oxygens (including phenoxy) is 1. The van der Waals surface area contributed by atoms with Gasteiger partial charge in [-0.15, -0.1) is 0 Å². The van der Waals surface area contributed by atoms with Gasteiger partial charge in [0.05, 0.1) is 0 Å². The minimum Gasteiger partial charge on any atom is -0.492 e. The third kappa shape index (κ3) is 3.47. The molecule has 1 aromatic carbocycles. The first-order chi connectivity index (χ1) is 8.65. The van der Waals surface area contributed by atoms with E-state index in [2.05, 4.69) is 24.5 Å². The third-order valence-corrected chi connectivity index (χ3v) is 2.90. The number of benzene rings is 1. The van der Waals surface area contributed by atoms with Gasteiger partial charge in [0.2, 0.25) is 5.91 Å². The van der Waals surface area contributed by atoms with Gasteiger partial charge in [-0.05, 0) is 18.1 Å². The molecule has 18 heavy (non-hydrogen) atoms. The fourth-order valence-corrected chi connectivity index (χ4v) is 1.96. The molecule has 0 radical (unpaired) electrons. The van der Waals surface area contributed by atoms with Gasteiger partial charge >= 0.3 is 0 Å². The quantitative estimate of drug-likeness (QED) is 0.783. The Labute approximate surface area is 108 Å². The predicted molar refractivity (Wildman–Crippen MR) is 72.0 cm³/mol. The molecule has 4 heteroatoms. The maximum absolute atomic E-state index is 11.3. The summed E-state index contributed by atoms with van der Waals surface area (Å²) in [6.45, 7) is 5.66. The molecule has 2 rings (SSSR count). The van der Waals surface area contributed by atoms with Gasteiger partial charge in [-0.3, -0.25) is 4.79 Å². The topological polar surface area (TPSA) is 50.4 Å². The van der Waals surface area contributed by atoms with Gasteiger partial charge in [-0.25, -0.2) is 0 Å². The first-order valence-corrected chi connectivity index (χ1v) is 6.44. The highest BCUT2D eigenvalue weighted by Gasteiger charge is 2.14.